The number of esters is 1. The Labute approximate surface area is 143 Å². The quantitative estimate of drug-likeness (QED) is 0.526. The molecule has 0 saturated heterocycles. The van der Waals surface area contributed by atoms with Gasteiger partial charge in [-0.3, -0.25) is 0 Å². The van der Waals surface area contributed by atoms with Crippen LogP contribution >= 0.6 is 0 Å². The highest BCUT2D eigenvalue weighted by Crippen LogP contribution is 2.26. The molecule has 0 aliphatic carbocycles. The zero-order chi connectivity index (χ0) is 17.4. The molecular formula is C19H16N2O4. The van der Waals surface area contributed by atoms with Gasteiger partial charge >= 0.3 is 5.97 Å². The van der Waals surface area contributed by atoms with Crippen LogP contribution in [0.25, 0.3) is 22.6 Å². The Balaban J connectivity index is 1.76. The maximum Gasteiger partial charge on any atom is 0.354 e. The lowest BCUT2D eigenvalue weighted by Gasteiger charge is -2.07. The summed E-state index contributed by atoms with van der Waals surface area (Å²) in [6, 6.07) is 13.2. The number of hydrogen-bond donors (Lipinski definition) is 0. The number of oxazole rings is 1. The van der Waals surface area contributed by atoms with Crippen LogP contribution in [0.15, 0.2) is 57.6 Å². The highest BCUT2D eigenvalue weighted by Gasteiger charge is 2.20. The lowest BCUT2D eigenvalue weighted by molar-refractivity contribution is 0.0589. The maximum atomic E-state index is 12.1. The van der Waals surface area contributed by atoms with E-state index in [0.717, 1.165) is 16.8 Å². The summed E-state index contributed by atoms with van der Waals surface area (Å²) in [4.78, 5) is 16.7. The molecule has 0 amide bonds. The minimum absolute atomic E-state index is 0.385. The molecule has 4 rings (SSSR count). The minimum Gasteiger partial charge on any atom is -0.464 e. The van der Waals surface area contributed by atoms with Crippen molar-refractivity contribution in [2.45, 2.75) is 13.5 Å². The molecule has 6 nitrogen and oxygen atoms in total. The summed E-state index contributed by atoms with van der Waals surface area (Å²) in [5.41, 5.74) is 3.52. The van der Waals surface area contributed by atoms with Crippen LogP contribution in [0, 0.1) is 6.92 Å². The number of hydrogen-bond acceptors (Lipinski definition) is 5. The normalized spacial score (nSPS) is 11.1. The summed E-state index contributed by atoms with van der Waals surface area (Å²) in [6.07, 6.45) is 1.59. The predicted octanol–water partition coefficient (Wildman–Crippen LogP) is 4.03. The summed E-state index contributed by atoms with van der Waals surface area (Å²) >= 11 is 0. The van der Waals surface area contributed by atoms with E-state index in [2.05, 4.69) is 4.98 Å². The fourth-order valence-electron chi connectivity index (χ4n) is 2.85. The van der Waals surface area contributed by atoms with Crippen LogP contribution in [0.3, 0.4) is 0 Å². The zero-order valence-corrected chi connectivity index (χ0v) is 13.9. The first-order chi connectivity index (χ1) is 12.2. The SMILES string of the molecule is COC(=O)c1cc2occc2n1Cc1nc(-c2ccccc2)oc1C. The largest absolute Gasteiger partial charge is 0.464 e. The van der Waals surface area contributed by atoms with Gasteiger partial charge in [0.2, 0.25) is 5.89 Å². The molecule has 4 aromatic rings. The number of furan rings is 1. The van der Waals surface area contributed by atoms with E-state index in [9.17, 15) is 4.79 Å². The molecule has 0 fully saturated rings. The van der Waals surface area contributed by atoms with Gasteiger partial charge < -0.3 is 18.1 Å². The van der Waals surface area contributed by atoms with Gasteiger partial charge in [-0.1, -0.05) is 18.2 Å². The maximum absolute atomic E-state index is 12.1. The highest BCUT2D eigenvalue weighted by molar-refractivity contribution is 5.94. The van der Waals surface area contributed by atoms with E-state index in [4.69, 9.17) is 13.6 Å². The van der Waals surface area contributed by atoms with Crippen LogP contribution < -0.4 is 0 Å². The van der Waals surface area contributed by atoms with Crippen LogP contribution in [0.1, 0.15) is 21.9 Å². The Bertz CT molecular complexity index is 1040. The standard InChI is InChI=1S/C19H16N2O4/c1-12-14(20-18(25-12)13-6-4-3-5-7-13)11-21-15-8-9-24-17(15)10-16(21)19(22)23-2/h3-10H,11H2,1-2H3. The van der Waals surface area contributed by atoms with Gasteiger partial charge in [-0.2, -0.15) is 0 Å². The molecule has 0 bridgehead atoms. The Morgan fingerprint density at radius 1 is 1.24 bits per heavy atom. The summed E-state index contributed by atoms with van der Waals surface area (Å²) in [6.45, 7) is 2.25. The number of aryl methyl sites for hydroxylation is 1. The first kappa shape index (κ1) is 15.3. The molecule has 3 heterocycles. The van der Waals surface area contributed by atoms with Gasteiger partial charge in [-0.25, -0.2) is 9.78 Å². The van der Waals surface area contributed by atoms with Crippen molar-refractivity contribution in [2.24, 2.45) is 0 Å². The molecule has 25 heavy (non-hydrogen) atoms. The number of rotatable bonds is 4. The molecule has 0 unspecified atom stereocenters. The molecule has 0 radical (unpaired) electrons. The van der Waals surface area contributed by atoms with Crippen LogP contribution in [0.2, 0.25) is 0 Å². The van der Waals surface area contributed by atoms with Crippen molar-refractivity contribution in [1.82, 2.24) is 9.55 Å². The van der Waals surface area contributed by atoms with E-state index >= 15 is 0 Å². The second-order valence-electron chi connectivity index (χ2n) is 5.67. The van der Waals surface area contributed by atoms with Crippen LogP contribution in [0.5, 0.6) is 0 Å². The summed E-state index contributed by atoms with van der Waals surface area (Å²) in [5.74, 6) is 0.846. The first-order valence-corrected chi connectivity index (χ1v) is 7.84. The van der Waals surface area contributed by atoms with Crippen molar-refractivity contribution in [1.29, 1.82) is 0 Å². The van der Waals surface area contributed by atoms with Gasteiger partial charge in [-0.15, -0.1) is 0 Å². The van der Waals surface area contributed by atoms with E-state index in [-0.39, 0.29) is 0 Å². The third-order valence-corrected chi connectivity index (χ3v) is 4.14. The van der Waals surface area contributed by atoms with Crippen LogP contribution in [-0.4, -0.2) is 22.6 Å². The predicted molar refractivity (Wildman–Crippen MR) is 91.3 cm³/mol. The van der Waals surface area contributed by atoms with Crippen molar-refractivity contribution in [2.75, 3.05) is 7.11 Å². The van der Waals surface area contributed by atoms with Crippen molar-refractivity contribution in [3.05, 3.63) is 65.9 Å². The minimum atomic E-state index is -0.421. The molecule has 3 aromatic heterocycles. The number of fused-ring (bicyclic) bond motifs is 1. The molecule has 0 N–H and O–H groups in total. The molecular weight excluding hydrogens is 320 g/mol. The number of nitrogens with zero attached hydrogens (tertiary/aromatic N) is 2. The van der Waals surface area contributed by atoms with Crippen LogP contribution in [-0.2, 0) is 11.3 Å². The third-order valence-electron chi connectivity index (χ3n) is 4.14. The van der Waals surface area contributed by atoms with E-state index in [1.54, 1.807) is 12.3 Å². The fourth-order valence-corrected chi connectivity index (χ4v) is 2.85. The number of carbonyl (C=O) groups is 1. The topological polar surface area (TPSA) is 70.4 Å². The molecule has 0 spiro atoms. The Hall–Kier alpha value is -3.28. The number of ether oxygens (including phenoxy) is 1. The lowest BCUT2D eigenvalue weighted by Crippen LogP contribution is -2.12. The van der Waals surface area contributed by atoms with Crippen molar-refractivity contribution in [3.8, 4) is 11.5 Å². The second kappa shape index (κ2) is 5.98. The van der Waals surface area contributed by atoms with Gasteiger partial charge in [0.15, 0.2) is 5.58 Å². The zero-order valence-electron chi connectivity index (χ0n) is 13.9. The van der Waals surface area contributed by atoms with Crippen molar-refractivity contribution in [3.63, 3.8) is 0 Å². The van der Waals surface area contributed by atoms with Gasteiger partial charge in [0, 0.05) is 17.7 Å². The molecule has 6 heteroatoms. The molecule has 0 aliphatic rings. The molecule has 0 aliphatic heterocycles. The average molecular weight is 336 g/mol. The third kappa shape index (κ3) is 2.61. The molecule has 1 aromatic carbocycles. The Kier molecular flexibility index (Phi) is 3.65. The summed E-state index contributed by atoms with van der Waals surface area (Å²) < 4.78 is 17.9. The highest BCUT2D eigenvalue weighted by atomic mass is 16.5. The number of aromatic nitrogens is 2. The monoisotopic (exact) mass is 336 g/mol. The Morgan fingerprint density at radius 3 is 2.80 bits per heavy atom. The fraction of sp³-hybridized carbons (Fsp3) is 0.158. The van der Waals surface area contributed by atoms with Gasteiger partial charge in [0.1, 0.15) is 17.1 Å². The summed E-state index contributed by atoms with van der Waals surface area (Å²) in [7, 11) is 1.36. The summed E-state index contributed by atoms with van der Waals surface area (Å²) in [5, 5.41) is 0. The first-order valence-electron chi connectivity index (χ1n) is 7.84. The van der Waals surface area contributed by atoms with E-state index in [0.29, 0.717) is 29.5 Å². The van der Waals surface area contributed by atoms with Gasteiger partial charge in [0.25, 0.3) is 0 Å². The molecule has 0 atom stereocenters. The number of benzene rings is 1. The Morgan fingerprint density at radius 2 is 2.04 bits per heavy atom. The van der Waals surface area contributed by atoms with Crippen LogP contribution in [0.4, 0.5) is 0 Å². The number of carbonyl (C=O) groups excluding carboxylic acids is 1. The number of methoxy groups -OCH3 is 1. The van der Waals surface area contributed by atoms with Gasteiger partial charge in [0.05, 0.1) is 25.4 Å². The van der Waals surface area contributed by atoms with E-state index < -0.39 is 5.97 Å². The van der Waals surface area contributed by atoms with Crippen molar-refractivity contribution >= 4 is 17.1 Å². The average Bonchev–Trinajstić information content (AvgIpc) is 3.32. The molecule has 0 saturated carbocycles. The van der Waals surface area contributed by atoms with E-state index in [1.165, 1.54) is 7.11 Å². The smallest absolute Gasteiger partial charge is 0.354 e. The van der Waals surface area contributed by atoms with Crippen molar-refractivity contribution < 1.29 is 18.4 Å². The second-order valence-corrected chi connectivity index (χ2v) is 5.67. The molecule has 126 valence electrons. The lowest BCUT2D eigenvalue weighted by atomic mass is 10.2. The van der Waals surface area contributed by atoms with Gasteiger partial charge in [-0.05, 0) is 19.1 Å². The van der Waals surface area contributed by atoms with E-state index in [1.807, 2.05) is 47.9 Å².